The number of unbranched alkanes of at least 4 members (excludes halogenated alkanes) is 9. The van der Waals surface area contributed by atoms with Crippen molar-refractivity contribution in [3.63, 3.8) is 0 Å². The first-order valence-electron chi connectivity index (χ1n) is 14.1. The van der Waals surface area contributed by atoms with Crippen LogP contribution < -0.4 is 21.6 Å². The normalized spacial score (nSPS) is 11.4. The fraction of sp³-hybridized carbons (Fsp3) is 0.467. The molecule has 10 heteroatoms. The number of anilines is 2. The van der Waals surface area contributed by atoms with E-state index >= 15 is 0 Å². The number of rotatable bonds is 15. The van der Waals surface area contributed by atoms with Gasteiger partial charge in [-0.15, -0.1) is 0 Å². The minimum absolute atomic E-state index is 0.575. The van der Waals surface area contributed by atoms with Crippen LogP contribution in [0.25, 0.3) is 0 Å². The van der Waals surface area contributed by atoms with E-state index in [-0.39, 0.29) is 0 Å². The number of carbonyl (C=O) groups is 2. The van der Waals surface area contributed by atoms with Crippen molar-refractivity contribution < 1.29 is 19.3 Å². The van der Waals surface area contributed by atoms with E-state index in [2.05, 4.69) is 31.6 Å². The molecule has 0 aliphatic rings. The molecule has 0 aliphatic heterocycles. The van der Waals surface area contributed by atoms with Gasteiger partial charge in [-0.1, -0.05) is 87.8 Å². The van der Waals surface area contributed by atoms with Gasteiger partial charge in [-0.25, -0.2) is 20.5 Å². The largest absolute Gasteiger partial charge is 0.435 e. The van der Waals surface area contributed by atoms with E-state index in [1.54, 1.807) is 38.1 Å². The highest BCUT2D eigenvalue weighted by Gasteiger charge is 2.04. The molecule has 0 atom stereocenters. The molecule has 0 saturated carbocycles. The first-order valence-corrected chi connectivity index (χ1v) is 14.1. The van der Waals surface area contributed by atoms with Gasteiger partial charge in [0.05, 0.1) is 0 Å². The maximum Gasteiger partial charge on any atom is 0.435 e. The summed E-state index contributed by atoms with van der Waals surface area (Å²) in [7, 11) is 0. The van der Waals surface area contributed by atoms with Crippen LogP contribution in [0.1, 0.15) is 78.1 Å². The predicted octanol–water partition coefficient (Wildman–Crippen LogP) is 7.23. The van der Waals surface area contributed by atoms with Gasteiger partial charge in [0.15, 0.2) is 0 Å². The average Bonchev–Trinajstić information content (AvgIpc) is 2.96. The van der Waals surface area contributed by atoms with Crippen molar-refractivity contribution in [1.82, 2.24) is 11.0 Å². The van der Waals surface area contributed by atoms with Crippen molar-refractivity contribution in [3.05, 3.63) is 60.7 Å². The third-order valence-electron chi connectivity index (χ3n) is 5.89. The molecule has 2 amide bonds. The average molecular weight is 553 g/mol. The number of hydroxylamine groups is 2. The van der Waals surface area contributed by atoms with Gasteiger partial charge in [0.1, 0.15) is 11.7 Å². The third kappa shape index (κ3) is 16.7. The summed E-state index contributed by atoms with van der Waals surface area (Å²) in [6, 6.07) is 18.3. The lowest BCUT2D eigenvalue weighted by atomic mass is 10.1. The van der Waals surface area contributed by atoms with E-state index in [0.29, 0.717) is 36.1 Å². The zero-order valence-electron chi connectivity index (χ0n) is 23.8. The standard InChI is InChI=1S/C30H44N6O4/c1-25(35-39-29(37)33-27-19-13-11-14-20-27)31-23-17-9-7-5-3-4-6-8-10-18-24-32-26(2)36-40-30(38)34-28-21-15-12-16-22-28/h11-16,19-22H,3-10,17-18,23-24H2,1-2H3,(H,31,35)(H,32,36)(H,33,37)(H,34,38). The minimum atomic E-state index is -0.575. The molecule has 2 aromatic rings. The van der Waals surface area contributed by atoms with Gasteiger partial charge in [-0.3, -0.25) is 20.6 Å². The number of nitrogens with one attached hydrogen (secondary N) is 4. The van der Waals surface area contributed by atoms with Gasteiger partial charge in [0, 0.05) is 24.5 Å². The Morgan fingerprint density at radius 1 is 0.550 bits per heavy atom. The van der Waals surface area contributed by atoms with Gasteiger partial charge in [0.25, 0.3) is 0 Å². The van der Waals surface area contributed by atoms with Gasteiger partial charge in [-0.2, -0.15) is 0 Å². The van der Waals surface area contributed by atoms with E-state index < -0.39 is 12.2 Å². The van der Waals surface area contributed by atoms with E-state index in [1.165, 1.54) is 38.5 Å². The Balaban J connectivity index is 1.34. The highest BCUT2D eigenvalue weighted by molar-refractivity contribution is 5.87. The topological polar surface area (TPSA) is 125 Å². The van der Waals surface area contributed by atoms with E-state index in [1.807, 2.05) is 36.4 Å². The van der Waals surface area contributed by atoms with Crippen molar-refractivity contribution in [2.45, 2.75) is 78.1 Å². The van der Waals surface area contributed by atoms with Crippen LogP contribution in [0.5, 0.6) is 0 Å². The number of hydrogen-bond acceptors (Lipinski definition) is 6. The quantitative estimate of drug-likeness (QED) is 0.0799. The summed E-state index contributed by atoms with van der Waals surface area (Å²) in [5, 5.41) is 5.26. The molecule has 0 aliphatic carbocycles. The number of nitrogens with zero attached hydrogens (tertiary/aromatic N) is 2. The number of para-hydroxylation sites is 2. The van der Waals surface area contributed by atoms with Crippen LogP contribution in [0.4, 0.5) is 21.0 Å². The molecule has 2 rings (SSSR count). The number of carbonyl (C=O) groups excluding carboxylic acids is 2. The van der Waals surface area contributed by atoms with Gasteiger partial charge in [0.2, 0.25) is 0 Å². The van der Waals surface area contributed by atoms with Crippen LogP contribution in [0.15, 0.2) is 70.6 Å². The Kier molecular flexibility index (Phi) is 16.7. The molecule has 0 heterocycles. The molecular weight excluding hydrogens is 508 g/mol. The lowest BCUT2D eigenvalue weighted by Gasteiger charge is -2.08. The Bertz CT molecular complexity index is 948. The number of aliphatic imine (C=N–C) groups is 2. The lowest BCUT2D eigenvalue weighted by Crippen LogP contribution is -2.28. The molecule has 10 nitrogen and oxygen atoms in total. The van der Waals surface area contributed by atoms with Crippen LogP contribution in [0.2, 0.25) is 0 Å². The van der Waals surface area contributed by atoms with Crippen molar-refractivity contribution >= 4 is 35.2 Å². The lowest BCUT2D eigenvalue weighted by molar-refractivity contribution is 0.134. The highest BCUT2D eigenvalue weighted by atomic mass is 16.7. The zero-order valence-corrected chi connectivity index (χ0v) is 23.8. The number of benzene rings is 2. The molecule has 0 saturated heterocycles. The SMILES string of the molecule is CC(=NCCCCCCCCCCCCN=C(C)NOC(=O)Nc1ccccc1)NOC(=O)Nc1ccccc1. The number of hydrogen-bond donors (Lipinski definition) is 4. The summed E-state index contributed by atoms with van der Waals surface area (Å²) in [5.74, 6) is 1.17. The number of amidine groups is 2. The molecule has 40 heavy (non-hydrogen) atoms. The zero-order chi connectivity index (χ0) is 28.7. The summed E-state index contributed by atoms with van der Waals surface area (Å²) >= 11 is 0. The first kappa shape index (κ1) is 32.1. The summed E-state index contributed by atoms with van der Waals surface area (Å²) < 4.78 is 0. The van der Waals surface area contributed by atoms with Crippen molar-refractivity contribution in [3.8, 4) is 0 Å². The molecule has 0 spiro atoms. The maximum absolute atomic E-state index is 11.7. The predicted molar refractivity (Wildman–Crippen MR) is 161 cm³/mol. The molecule has 218 valence electrons. The van der Waals surface area contributed by atoms with Gasteiger partial charge in [-0.05, 0) is 51.0 Å². The van der Waals surface area contributed by atoms with Crippen LogP contribution in [0.3, 0.4) is 0 Å². The minimum Gasteiger partial charge on any atom is -0.323 e. The van der Waals surface area contributed by atoms with E-state index in [9.17, 15) is 9.59 Å². The number of amides is 2. The molecule has 0 fully saturated rings. The highest BCUT2D eigenvalue weighted by Crippen LogP contribution is 2.11. The smallest absolute Gasteiger partial charge is 0.323 e. The fourth-order valence-electron chi connectivity index (χ4n) is 3.77. The monoisotopic (exact) mass is 552 g/mol. The molecule has 2 aromatic carbocycles. The molecule has 0 unspecified atom stereocenters. The van der Waals surface area contributed by atoms with Crippen molar-refractivity contribution in [1.29, 1.82) is 0 Å². The van der Waals surface area contributed by atoms with Crippen LogP contribution in [-0.2, 0) is 9.68 Å². The summed E-state index contributed by atoms with van der Waals surface area (Å²) in [4.78, 5) is 42.2. The fourth-order valence-corrected chi connectivity index (χ4v) is 3.77. The third-order valence-corrected chi connectivity index (χ3v) is 5.89. The van der Waals surface area contributed by atoms with E-state index in [4.69, 9.17) is 9.68 Å². The second-order valence-corrected chi connectivity index (χ2v) is 9.44. The second-order valence-electron chi connectivity index (χ2n) is 9.44. The molecule has 0 radical (unpaired) electrons. The van der Waals surface area contributed by atoms with Gasteiger partial charge < -0.3 is 9.68 Å². The van der Waals surface area contributed by atoms with Crippen LogP contribution in [-0.4, -0.2) is 36.9 Å². The molecular formula is C30H44N6O4. The van der Waals surface area contributed by atoms with Crippen LogP contribution in [0, 0.1) is 0 Å². The maximum atomic E-state index is 11.7. The Morgan fingerprint density at radius 2 is 0.875 bits per heavy atom. The van der Waals surface area contributed by atoms with Crippen molar-refractivity contribution in [2.24, 2.45) is 9.98 Å². The molecule has 0 aromatic heterocycles. The molecule has 4 N–H and O–H groups in total. The summed E-state index contributed by atoms with van der Waals surface area (Å²) in [5.41, 5.74) is 6.50. The summed E-state index contributed by atoms with van der Waals surface area (Å²) in [6.45, 7) is 4.99. The van der Waals surface area contributed by atoms with E-state index in [0.717, 1.165) is 25.7 Å². The van der Waals surface area contributed by atoms with Crippen molar-refractivity contribution in [2.75, 3.05) is 23.7 Å². The Hall–Kier alpha value is -4.08. The van der Waals surface area contributed by atoms with Crippen LogP contribution >= 0.6 is 0 Å². The van der Waals surface area contributed by atoms with Gasteiger partial charge >= 0.3 is 12.2 Å². The first-order chi connectivity index (χ1) is 19.5. The second kappa shape index (κ2) is 20.8. The summed E-state index contributed by atoms with van der Waals surface area (Å²) in [6.07, 6.45) is 10.6. The molecule has 0 bridgehead atoms. The Morgan fingerprint density at radius 3 is 1.23 bits per heavy atom. The Labute approximate surface area is 238 Å².